The highest BCUT2D eigenvalue weighted by atomic mass is 19.3. The summed E-state index contributed by atoms with van der Waals surface area (Å²) >= 11 is 0. The number of nitrogens with one attached hydrogen (secondary N) is 2. The van der Waals surface area contributed by atoms with Crippen LogP contribution in [0.4, 0.5) is 14.7 Å². The molecule has 0 aliphatic heterocycles. The zero-order chi connectivity index (χ0) is 24.6. The Hall–Kier alpha value is -3.99. The van der Waals surface area contributed by atoms with Gasteiger partial charge >= 0.3 is 0 Å². The number of halogens is 2. The second-order valence-corrected chi connectivity index (χ2v) is 7.41. The molecule has 4 rings (SSSR count). The summed E-state index contributed by atoms with van der Waals surface area (Å²) in [5, 5.41) is 9.71. The van der Waals surface area contributed by atoms with Crippen molar-refractivity contribution in [1.29, 1.82) is 0 Å². The van der Waals surface area contributed by atoms with Gasteiger partial charge in [-0.15, -0.1) is 0 Å². The Morgan fingerprint density at radius 1 is 1.18 bits per heavy atom. The Morgan fingerprint density at radius 3 is 2.74 bits per heavy atom. The molecule has 0 fully saturated rings. The smallest absolute Gasteiger partial charge is 0.259 e. The van der Waals surface area contributed by atoms with E-state index < -0.39 is 5.92 Å². The lowest BCUT2D eigenvalue weighted by Gasteiger charge is -2.15. The third kappa shape index (κ3) is 6.07. The fraction of sp³-hybridized carbons (Fsp3) is 0.261. The maximum Gasteiger partial charge on any atom is 0.259 e. The molecule has 0 spiro atoms. The number of carbonyl (C=O) groups excluding carboxylic acids is 2. The molecule has 0 aliphatic rings. The lowest BCUT2D eigenvalue weighted by atomic mass is 10.0. The molecule has 0 radical (unpaired) electrons. The van der Waals surface area contributed by atoms with Crippen LogP contribution in [0.15, 0.2) is 59.8 Å². The monoisotopic (exact) mass is 470 g/mol. The molecule has 4 aromatic heterocycles. The lowest BCUT2D eigenvalue weighted by molar-refractivity contribution is -0.0980. The van der Waals surface area contributed by atoms with E-state index in [1.54, 1.807) is 36.3 Å². The highest BCUT2D eigenvalue weighted by Gasteiger charge is 2.27. The lowest BCUT2D eigenvalue weighted by Crippen LogP contribution is -2.23. The maximum absolute atomic E-state index is 13.9. The molecule has 4 aromatic rings. The van der Waals surface area contributed by atoms with Crippen LogP contribution in [-0.4, -0.2) is 51.9 Å². The van der Waals surface area contributed by atoms with E-state index in [0.717, 1.165) is 10.9 Å². The predicted molar refractivity (Wildman–Crippen MR) is 122 cm³/mol. The number of pyridine rings is 2. The third-order valence-electron chi connectivity index (χ3n) is 5.04. The molecule has 0 aliphatic carbocycles. The van der Waals surface area contributed by atoms with Gasteiger partial charge in [0.05, 0.1) is 23.6 Å². The number of aryl methyl sites for hydroxylation is 1. The molecule has 1 amide bonds. The van der Waals surface area contributed by atoms with E-state index in [1.165, 1.54) is 18.5 Å². The first-order valence-corrected chi connectivity index (χ1v) is 10.4. The van der Waals surface area contributed by atoms with Crippen LogP contribution in [0.2, 0.25) is 0 Å². The molecule has 4 heterocycles. The predicted octanol–water partition coefficient (Wildman–Crippen LogP) is 3.65. The zero-order valence-corrected chi connectivity index (χ0v) is 18.5. The van der Waals surface area contributed by atoms with Gasteiger partial charge in [0.1, 0.15) is 12.4 Å². The second-order valence-electron chi connectivity index (χ2n) is 7.41. The van der Waals surface area contributed by atoms with Crippen molar-refractivity contribution in [3.8, 4) is 5.69 Å². The van der Waals surface area contributed by atoms with Crippen LogP contribution in [0.5, 0.6) is 0 Å². The van der Waals surface area contributed by atoms with Crippen LogP contribution in [-0.2, 0) is 11.2 Å². The Kier molecular flexibility index (Phi) is 8.14. The van der Waals surface area contributed by atoms with Crippen molar-refractivity contribution in [3.63, 3.8) is 0 Å². The van der Waals surface area contributed by atoms with Gasteiger partial charge in [-0.25, -0.2) is 13.8 Å². The number of anilines is 1. The van der Waals surface area contributed by atoms with Crippen LogP contribution < -0.4 is 10.6 Å². The fourth-order valence-electron chi connectivity index (χ4n) is 3.32. The summed E-state index contributed by atoms with van der Waals surface area (Å²) in [7, 11) is 1.66. The number of fused-ring (bicyclic) bond motifs is 1. The number of hydrogen-bond donors (Lipinski definition) is 2. The first kappa shape index (κ1) is 24.6. The largest absolute Gasteiger partial charge is 0.338 e. The summed E-state index contributed by atoms with van der Waals surface area (Å²) in [6.07, 6.45) is 7.73. The van der Waals surface area contributed by atoms with Gasteiger partial charge in [-0.3, -0.25) is 19.7 Å². The molecular formula is C23H24F2N6O3. The van der Waals surface area contributed by atoms with Crippen molar-refractivity contribution >= 4 is 29.6 Å². The molecule has 9 nitrogen and oxygen atoms in total. The van der Waals surface area contributed by atoms with Gasteiger partial charge in [-0.2, -0.15) is 0 Å². The molecule has 0 unspecified atom stereocenters. The summed E-state index contributed by atoms with van der Waals surface area (Å²) in [4.78, 5) is 29.1. The van der Waals surface area contributed by atoms with Crippen molar-refractivity contribution < 1.29 is 22.9 Å². The average Bonchev–Trinajstić information content (AvgIpc) is 3.52. The van der Waals surface area contributed by atoms with E-state index in [9.17, 15) is 13.6 Å². The van der Waals surface area contributed by atoms with Crippen molar-refractivity contribution in [2.24, 2.45) is 0 Å². The molecule has 11 heteroatoms. The van der Waals surface area contributed by atoms with Gasteiger partial charge in [0.2, 0.25) is 11.8 Å². The summed E-state index contributed by atoms with van der Waals surface area (Å²) < 4.78 is 34.6. The fourth-order valence-corrected chi connectivity index (χ4v) is 3.32. The van der Waals surface area contributed by atoms with E-state index in [-0.39, 0.29) is 37.6 Å². The molecule has 34 heavy (non-hydrogen) atoms. The SMILES string of the molecule is C=O.CNCCC(F)(F)CCc1cnc2c(ccn2-c2cncc(C(=O)Nc3ccno3)c2)c1. The number of aromatic nitrogens is 4. The van der Waals surface area contributed by atoms with Crippen LogP contribution in [0, 0.1) is 0 Å². The Balaban J connectivity index is 0.00000158. The number of hydrogen-bond acceptors (Lipinski definition) is 7. The summed E-state index contributed by atoms with van der Waals surface area (Å²) in [5.41, 5.74) is 2.37. The van der Waals surface area contributed by atoms with Crippen LogP contribution in [0.25, 0.3) is 16.7 Å². The Labute approximate surface area is 194 Å². The quantitative estimate of drug-likeness (QED) is 0.384. The topological polar surface area (TPSA) is 115 Å². The van der Waals surface area contributed by atoms with Gasteiger partial charge in [0, 0.05) is 49.4 Å². The highest BCUT2D eigenvalue weighted by Crippen LogP contribution is 2.26. The molecule has 2 N–H and O–H groups in total. The first-order valence-electron chi connectivity index (χ1n) is 10.4. The molecule has 0 bridgehead atoms. The van der Waals surface area contributed by atoms with Crippen LogP contribution >= 0.6 is 0 Å². The second kappa shape index (κ2) is 11.2. The number of nitrogens with zero attached hydrogens (tertiary/aromatic N) is 4. The molecule has 0 atom stereocenters. The number of rotatable bonds is 9. The van der Waals surface area contributed by atoms with Crippen molar-refractivity contribution in [2.45, 2.75) is 25.2 Å². The zero-order valence-electron chi connectivity index (χ0n) is 18.5. The normalized spacial score (nSPS) is 11.1. The molecule has 0 saturated heterocycles. The summed E-state index contributed by atoms with van der Waals surface area (Å²) in [6.45, 7) is 2.27. The minimum Gasteiger partial charge on any atom is -0.338 e. The molecular weight excluding hydrogens is 446 g/mol. The third-order valence-corrected chi connectivity index (χ3v) is 5.04. The minimum absolute atomic E-state index is 0.192. The van der Waals surface area contributed by atoms with Gasteiger partial charge in [-0.1, -0.05) is 5.16 Å². The van der Waals surface area contributed by atoms with Crippen molar-refractivity contribution in [2.75, 3.05) is 18.9 Å². The van der Waals surface area contributed by atoms with Gasteiger partial charge < -0.3 is 14.6 Å². The van der Waals surface area contributed by atoms with E-state index in [4.69, 9.17) is 9.32 Å². The average molecular weight is 470 g/mol. The maximum atomic E-state index is 13.9. The Morgan fingerprint density at radius 2 is 2.00 bits per heavy atom. The standard InChI is InChI=1S/C22H22F2N6O2.CH2O/c1-25-8-6-22(23,24)5-2-15-10-16-4-9-30(20(16)27-12-15)18-11-17(13-26-14-18)21(31)29-19-3-7-28-32-19;1-2/h3-4,7,9-14,25H,2,5-6,8H2,1H3,(H,29,31);1H2. The highest BCUT2D eigenvalue weighted by molar-refractivity contribution is 6.03. The summed E-state index contributed by atoms with van der Waals surface area (Å²) in [6, 6.07) is 6.93. The molecule has 0 aromatic carbocycles. The minimum atomic E-state index is -2.72. The van der Waals surface area contributed by atoms with Crippen LogP contribution in [0.3, 0.4) is 0 Å². The van der Waals surface area contributed by atoms with E-state index in [1.807, 2.05) is 18.9 Å². The molecule has 178 valence electrons. The van der Waals surface area contributed by atoms with E-state index in [0.29, 0.717) is 16.9 Å². The Bertz CT molecular complexity index is 1230. The van der Waals surface area contributed by atoms with Gasteiger partial charge in [0.25, 0.3) is 5.91 Å². The van der Waals surface area contributed by atoms with Crippen molar-refractivity contribution in [3.05, 3.63) is 66.4 Å². The number of alkyl halides is 2. The van der Waals surface area contributed by atoms with Crippen molar-refractivity contribution in [1.82, 2.24) is 25.0 Å². The van der Waals surface area contributed by atoms with Crippen LogP contribution in [0.1, 0.15) is 28.8 Å². The molecule has 0 saturated carbocycles. The van der Waals surface area contributed by atoms with E-state index >= 15 is 0 Å². The first-order chi connectivity index (χ1) is 16.4. The van der Waals surface area contributed by atoms with Gasteiger partial charge in [-0.05, 0) is 37.2 Å². The van der Waals surface area contributed by atoms with Gasteiger partial charge in [0.15, 0.2) is 0 Å². The number of carbonyl (C=O) groups is 2. The van der Waals surface area contributed by atoms with E-state index in [2.05, 4.69) is 25.8 Å². The summed E-state index contributed by atoms with van der Waals surface area (Å²) in [5.74, 6) is -2.87. The number of amides is 1.